The predicted molar refractivity (Wildman–Crippen MR) is 72.8 cm³/mol. The van der Waals surface area contributed by atoms with Gasteiger partial charge < -0.3 is 10.4 Å². The van der Waals surface area contributed by atoms with Crippen molar-refractivity contribution in [3.63, 3.8) is 0 Å². The first-order chi connectivity index (χ1) is 8.53. The van der Waals surface area contributed by atoms with Crippen LogP contribution in [0.3, 0.4) is 0 Å². The van der Waals surface area contributed by atoms with E-state index in [4.69, 9.17) is 0 Å². The average molecular weight is 247 g/mol. The molecule has 0 unspecified atom stereocenters. The topological polar surface area (TPSA) is 49.3 Å². The van der Waals surface area contributed by atoms with Crippen LogP contribution in [0.5, 0.6) is 0 Å². The first-order valence-electron chi connectivity index (χ1n) is 6.61. The molecule has 1 aliphatic rings. The fourth-order valence-electron chi connectivity index (χ4n) is 2.62. The molecule has 98 valence electrons. The molecule has 0 atom stereocenters. The summed E-state index contributed by atoms with van der Waals surface area (Å²) in [4.78, 5) is 11.6. The number of carboxylic acids is 1. The van der Waals surface area contributed by atoms with E-state index in [0.717, 1.165) is 24.1 Å². The van der Waals surface area contributed by atoms with Crippen LogP contribution in [0.15, 0.2) is 24.3 Å². The van der Waals surface area contributed by atoms with Crippen LogP contribution in [0.25, 0.3) is 0 Å². The molecule has 18 heavy (non-hydrogen) atoms. The molecule has 0 amide bonds. The van der Waals surface area contributed by atoms with Crippen LogP contribution in [0, 0.1) is 12.8 Å². The van der Waals surface area contributed by atoms with Crippen LogP contribution in [-0.2, 0) is 4.79 Å². The summed E-state index contributed by atoms with van der Waals surface area (Å²) in [5.41, 5.74) is 1.25. The van der Waals surface area contributed by atoms with Gasteiger partial charge in [-0.1, -0.05) is 25.1 Å². The largest absolute Gasteiger partial charge is 0.480 e. The number of nitrogens with one attached hydrogen (secondary N) is 1. The molecule has 1 saturated carbocycles. The Bertz CT molecular complexity index is 434. The maximum Gasteiger partial charge on any atom is 0.329 e. The zero-order valence-electron chi connectivity index (χ0n) is 11.1. The van der Waals surface area contributed by atoms with Crippen molar-refractivity contribution in [3.05, 3.63) is 29.8 Å². The molecule has 0 aromatic heterocycles. The first-order valence-corrected chi connectivity index (χ1v) is 6.61. The lowest BCUT2D eigenvalue weighted by molar-refractivity contribution is -0.143. The predicted octanol–water partition coefficient (Wildman–Crippen LogP) is 3.44. The Morgan fingerprint density at radius 1 is 1.33 bits per heavy atom. The molecule has 1 fully saturated rings. The van der Waals surface area contributed by atoms with E-state index in [1.807, 2.05) is 31.2 Å². The van der Waals surface area contributed by atoms with E-state index < -0.39 is 11.5 Å². The molecule has 1 aliphatic carbocycles. The fraction of sp³-hybridized carbons (Fsp3) is 0.533. The molecule has 3 nitrogen and oxygen atoms in total. The summed E-state index contributed by atoms with van der Waals surface area (Å²) in [6.07, 6.45) is 3.37. The van der Waals surface area contributed by atoms with Crippen molar-refractivity contribution < 1.29 is 9.90 Å². The number of aliphatic carboxylic acids is 1. The molecule has 0 spiro atoms. The van der Waals surface area contributed by atoms with Crippen molar-refractivity contribution >= 4 is 11.7 Å². The minimum Gasteiger partial charge on any atom is -0.480 e. The quantitative estimate of drug-likeness (QED) is 0.860. The molecule has 2 N–H and O–H groups in total. The van der Waals surface area contributed by atoms with E-state index in [1.54, 1.807) is 0 Å². The summed E-state index contributed by atoms with van der Waals surface area (Å²) in [7, 11) is 0. The maximum atomic E-state index is 11.6. The summed E-state index contributed by atoms with van der Waals surface area (Å²) >= 11 is 0. The van der Waals surface area contributed by atoms with Gasteiger partial charge in [0.05, 0.1) is 0 Å². The number of carbonyl (C=O) groups is 1. The highest BCUT2D eigenvalue weighted by atomic mass is 16.4. The molecular formula is C15H21NO2. The minimum absolute atomic E-state index is 0.635. The lowest BCUT2D eigenvalue weighted by Crippen LogP contribution is -2.49. The van der Waals surface area contributed by atoms with Crippen LogP contribution in [0.2, 0.25) is 0 Å². The molecule has 0 heterocycles. The van der Waals surface area contributed by atoms with Gasteiger partial charge in [-0.3, -0.25) is 0 Å². The summed E-state index contributed by atoms with van der Waals surface area (Å²) < 4.78 is 0. The van der Waals surface area contributed by atoms with Crippen LogP contribution in [0.1, 0.15) is 38.2 Å². The van der Waals surface area contributed by atoms with Crippen molar-refractivity contribution in [2.75, 3.05) is 5.32 Å². The highest BCUT2D eigenvalue weighted by Gasteiger charge is 2.41. The van der Waals surface area contributed by atoms with Crippen molar-refractivity contribution in [1.29, 1.82) is 0 Å². The van der Waals surface area contributed by atoms with Crippen molar-refractivity contribution in [2.24, 2.45) is 5.92 Å². The molecule has 2 rings (SSSR count). The molecule has 1 aromatic carbocycles. The Hall–Kier alpha value is -1.51. The molecule has 0 bridgehead atoms. The zero-order valence-corrected chi connectivity index (χ0v) is 11.1. The number of hydrogen-bond acceptors (Lipinski definition) is 2. The highest BCUT2D eigenvalue weighted by Crippen LogP contribution is 2.35. The Balaban J connectivity index is 2.22. The van der Waals surface area contributed by atoms with E-state index >= 15 is 0 Å². The number of aryl methyl sites for hydroxylation is 1. The third-order valence-electron chi connectivity index (χ3n) is 4.06. The number of para-hydroxylation sites is 1. The first kappa shape index (κ1) is 12.9. The van der Waals surface area contributed by atoms with Crippen molar-refractivity contribution in [2.45, 2.75) is 45.1 Å². The molecule has 0 saturated heterocycles. The average Bonchev–Trinajstić information content (AvgIpc) is 2.35. The monoisotopic (exact) mass is 247 g/mol. The van der Waals surface area contributed by atoms with Crippen LogP contribution >= 0.6 is 0 Å². The number of rotatable bonds is 3. The molecule has 1 aromatic rings. The summed E-state index contributed by atoms with van der Waals surface area (Å²) in [5, 5.41) is 12.8. The Morgan fingerprint density at radius 2 is 1.94 bits per heavy atom. The fourth-order valence-corrected chi connectivity index (χ4v) is 2.62. The lowest BCUT2D eigenvalue weighted by atomic mass is 9.77. The third-order valence-corrected chi connectivity index (χ3v) is 4.06. The summed E-state index contributed by atoms with van der Waals surface area (Å²) in [6, 6.07) is 7.87. The second-order valence-corrected chi connectivity index (χ2v) is 5.51. The van der Waals surface area contributed by atoms with Gasteiger partial charge in [-0.15, -0.1) is 0 Å². The van der Waals surface area contributed by atoms with Gasteiger partial charge in [-0.05, 0) is 50.2 Å². The van der Waals surface area contributed by atoms with E-state index in [-0.39, 0.29) is 0 Å². The van der Waals surface area contributed by atoms with Crippen LogP contribution in [-0.4, -0.2) is 16.6 Å². The van der Waals surface area contributed by atoms with Gasteiger partial charge in [0.1, 0.15) is 5.54 Å². The number of carboxylic acid groups (broad SMARTS) is 1. The minimum atomic E-state index is -0.779. The Labute approximate surface area is 108 Å². The summed E-state index contributed by atoms with van der Waals surface area (Å²) in [6.45, 7) is 4.20. The van der Waals surface area contributed by atoms with Crippen LogP contribution < -0.4 is 5.32 Å². The number of anilines is 1. The molecule has 0 aliphatic heterocycles. The second-order valence-electron chi connectivity index (χ2n) is 5.51. The van der Waals surface area contributed by atoms with Crippen LogP contribution in [0.4, 0.5) is 5.69 Å². The lowest BCUT2D eigenvalue weighted by Gasteiger charge is -2.37. The normalized spacial score (nSPS) is 27.8. The molecule has 0 radical (unpaired) electrons. The molecular weight excluding hydrogens is 226 g/mol. The van der Waals surface area contributed by atoms with E-state index in [1.165, 1.54) is 0 Å². The molecule has 3 heteroatoms. The SMILES string of the molecule is Cc1ccccc1NC1(C(=O)O)CCC(C)CC1. The third kappa shape index (κ3) is 2.50. The number of hydrogen-bond donors (Lipinski definition) is 2. The standard InChI is InChI=1S/C15H21NO2/c1-11-7-9-15(10-8-11,14(17)18)16-13-6-4-3-5-12(13)2/h3-6,11,16H,7-10H2,1-2H3,(H,17,18). The maximum absolute atomic E-state index is 11.6. The van der Waals surface area contributed by atoms with Gasteiger partial charge in [0.25, 0.3) is 0 Å². The smallest absolute Gasteiger partial charge is 0.329 e. The van der Waals surface area contributed by atoms with E-state index in [0.29, 0.717) is 18.8 Å². The summed E-state index contributed by atoms with van der Waals surface area (Å²) in [5.74, 6) is -0.0891. The highest BCUT2D eigenvalue weighted by molar-refractivity contribution is 5.83. The van der Waals surface area contributed by atoms with Gasteiger partial charge in [-0.2, -0.15) is 0 Å². The number of benzene rings is 1. The zero-order chi connectivity index (χ0) is 13.2. The van der Waals surface area contributed by atoms with Crippen molar-refractivity contribution in [3.8, 4) is 0 Å². The van der Waals surface area contributed by atoms with Crippen molar-refractivity contribution in [1.82, 2.24) is 0 Å². The van der Waals surface area contributed by atoms with E-state index in [9.17, 15) is 9.90 Å². The Kier molecular flexibility index (Phi) is 3.60. The van der Waals surface area contributed by atoms with Gasteiger partial charge in [-0.25, -0.2) is 4.79 Å². The van der Waals surface area contributed by atoms with Gasteiger partial charge in [0.2, 0.25) is 0 Å². The Morgan fingerprint density at radius 3 is 2.50 bits per heavy atom. The van der Waals surface area contributed by atoms with Gasteiger partial charge in [0.15, 0.2) is 0 Å². The second kappa shape index (κ2) is 5.01. The van der Waals surface area contributed by atoms with Gasteiger partial charge >= 0.3 is 5.97 Å². The van der Waals surface area contributed by atoms with Gasteiger partial charge in [0, 0.05) is 5.69 Å². The van der Waals surface area contributed by atoms with E-state index in [2.05, 4.69) is 12.2 Å².